The lowest BCUT2D eigenvalue weighted by molar-refractivity contribution is 0.0954. The van der Waals surface area contributed by atoms with Crippen molar-refractivity contribution < 1.29 is 19.4 Å². The largest absolute Gasteiger partial charge is 0.485 e. The van der Waals surface area contributed by atoms with E-state index in [0.29, 0.717) is 5.56 Å². The topological polar surface area (TPSA) is 80.0 Å². The lowest BCUT2D eigenvalue weighted by atomic mass is 9.98. The molecule has 196 valence electrons. The molecule has 1 unspecified atom stereocenters. The molecule has 0 bridgehead atoms. The number of aliphatic carboxylic acids is 1. The summed E-state index contributed by atoms with van der Waals surface area (Å²) in [6, 6.07) is 20.5. The fraction of sp³-hybridized carbons (Fsp3) is 0.375. The molecule has 0 aliphatic heterocycles. The number of carboxylic acid groups (broad SMARTS) is 1. The van der Waals surface area contributed by atoms with Gasteiger partial charge in [0.1, 0.15) is 18.3 Å². The number of benzene rings is 3. The number of unbranched alkanes of at least 4 members (excludes halogenated alkanes) is 3. The van der Waals surface area contributed by atoms with E-state index in [1.807, 2.05) is 12.1 Å². The van der Waals surface area contributed by atoms with E-state index >= 15 is 0 Å². The van der Waals surface area contributed by atoms with Crippen LogP contribution in [0.3, 0.4) is 0 Å². The number of rotatable bonds is 13. The van der Waals surface area contributed by atoms with Gasteiger partial charge in [0.15, 0.2) is 0 Å². The van der Waals surface area contributed by atoms with Gasteiger partial charge in [-0.15, -0.1) is 0 Å². The van der Waals surface area contributed by atoms with E-state index in [-0.39, 0.29) is 25.0 Å². The number of nitrogens with one attached hydrogen (secondary N) is 1. The van der Waals surface area contributed by atoms with Gasteiger partial charge < -0.3 is 20.0 Å². The zero-order valence-electron chi connectivity index (χ0n) is 22.5. The highest BCUT2D eigenvalue weighted by molar-refractivity contribution is 5.94. The number of carbonyl (C=O) groups excluding carboxylic acids is 1. The Kier molecular flexibility index (Phi) is 10.3. The average molecular weight is 503 g/mol. The number of amides is 1. The number of hydrogen-bond acceptors (Lipinski definition) is 2. The molecule has 5 nitrogen and oxygen atoms in total. The van der Waals surface area contributed by atoms with Crippen molar-refractivity contribution in [3.05, 3.63) is 88.5 Å². The van der Waals surface area contributed by atoms with Gasteiger partial charge in [-0.1, -0.05) is 68.1 Å². The standard InChI is InChI=1S/C32H39NO4/c1-5-6-7-8-9-29(26-14-16-27(17-15-26)32(36)33-19-18-30(34)35)37-31-23(3)20-28(21-24(31)4)25-12-10-22(2)11-13-25/h10-17,20-21,29H,5-9,18-19H2,1-4H3,(H,33,36)(H,34,35)/p+1. The zero-order chi connectivity index (χ0) is 26.8. The summed E-state index contributed by atoms with van der Waals surface area (Å²) in [7, 11) is 0. The summed E-state index contributed by atoms with van der Waals surface area (Å²) in [5, 5.41) is 11.6. The molecular weight excluding hydrogens is 462 g/mol. The maximum Gasteiger partial charge on any atom is 0.482 e. The Balaban J connectivity index is 1.80. The highest BCUT2D eigenvalue weighted by Gasteiger charge is 2.18. The van der Waals surface area contributed by atoms with E-state index in [9.17, 15) is 4.79 Å². The van der Waals surface area contributed by atoms with E-state index in [4.69, 9.17) is 14.6 Å². The van der Waals surface area contributed by atoms with Crippen LogP contribution < -0.4 is 10.1 Å². The fourth-order valence-electron chi connectivity index (χ4n) is 4.48. The van der Waals surface area contributed by atoms with Gasteiger partial charge in [-0.3, -0.25) is 4.79 Å². The molecule has 3 aromatic carbocycles. The van der Waals surface area contributed by atoms with Crippen molar-refractivity contribution >= 4 is 11.9 Å². The van der Waals surface area contributed by atoms with Crippen molar-refractivity contribution in [3.63, 3.8) is 0 Å². The van der Waals surface area contributed by atoms with E-state index in [0.717, 1.165) is 41.7 Å². The Morgan fingerprint density at radius 1 is 0.919 bits per heavy atom. The third-order valence-corrected chi connectivity index (χ3v) is 6.60. The minimum Gasteiger partial charge on any atom is -0.485 e. The smallest absolute Gasteiger partial charge is 0.482 e. The number of hydrogen-bond donors (Lipinski definition) is 2. The first kappa shape index (κ1) is 28.0. The first-order valence-electron chi connectivity index (χ1n) is 13.2. The van der Waals surface area contributed by atoms with Crippen molar-refractivity contribution in [1.29, 1.82) is 0 Å². The summed E-state index contributed by atoms with van der Waals surface area (Å²) in [5.74, 6) is -0.0129. The molecule has 1 atom stereocenters. The predicted molar refractivity (Wildman–Crippen MR) is 151 cm³/mol. The molecule has 3 N–H and O–H groups in total. The van der Waals surface area contributed by atoms with E-state index in [1.54, 1.807) is 12.1 Å². The molecule has 0 radical (unpaired) electrons. The van der Waals surface area contributed by atoms with Crippen molar-refractivity contribution in [3.8, 4) is 16.9 Å². The molecule has 37 heavy (non-hydrogen) atoms. The van der Waals surface area contributed by atoms with Crippen LogP contribution in [0.1, 0.15) is 84.2 Å². The van der Waals surface area contributed by atoms with Gasteiger partial charge in [-0.05, 0) is 85.7 Å². The quantitative estimate of drug-likeness (QED) is 0.187. The van der Waals surface area contributed by atoms with Crippen molar-refractivity contribution in [2.24, 2.45) is 0 Å². The molecule has 0 aromatic heterocycles. The molecule has 0 fully saturated rings. The van der Waals surface area contributed by atoms with Gasteiger partial charge in [0.05, 0.1) is 0 Å². The highest BCUT2D eigenvalue weighted by atomic mass is 16.5. The lowest BCUT2D eigenvalue weighted by Gasteiger charge is -2.23. The molecule has 0 saturated carbocycles. The lowest BCUT2D eigenvalue weighted by Crippen LogP contribution is -2.26. The molecular formula is C32H40NO4+. The van der Waals surface area contributed by atoms with Crippen LogP contribution in [0.4, 0.5) is 0 Å². The Morgan fingerprint density at radius 2 is 1.57 bits per heavy atom. The highest BCUT2D eigenvalue weighted by Crippen LogP contribution is 2.35. The van der Waals surface area contributed by atoms with Crippen LogP contribution in [-0.4, -0.2) is 28.3 Å². The molecule has 0 aliphatic carbocycles. The minimum absolute atomic E-state index is 0.0128. The summed E-state index contributed by atoms with van der Waals surface area (Å²) in [6.45, 7) is 8.67. The molecule has 0 spiro atoms. The number of carbonyl (C=O) groups is 1. The van der Waals surface area contributed by atoms with Gasteiger partial charge in [-0.25, -0.2) is 0 Å². The maximum absolute atomic E-state index is 12.4. The Morgan fingerprint density at radius 3 is 2.16 bits per heavy atom. The summed E-state index contributed by atoms with van der Waals surface area (Å²) in [6.07, 6.45) is 5.42. The second kappa shape index (κ2) is 13.6. The summed E-state index contributed by atoms with van der Waals surface area (Å²) in [5.41, 5.74) is 7.40. The summed E-state index contributed by atoms with van der Waals surface area (Å²) >= 11 is 0. The monoisotopic (exact) mass is 502 g/mol. The number of aliphatic hydroxyl groups excluding tert-OH is 1. The average Bonchev–Trinajstić information content (AvgIpc) is 2.87. The van der Waals surface area contributed by atoms with Gasteiger partial charge in [0, 0.05) is 12.1 Å². The van der Waals surface area contributed by atoms with Gasteiger partial charge in [0.25, 0.3) is 5.91 Å². The van der Waals surface area contributed by atoms with Gasteiger partial charge in [0.2, 0.25) is 0 Å². The van der Waals surface area contributed by atoms with Crippen LogP contribution in [-0.2, 0) is 0 Å². The van der Waals surface area contributed by atoms with E-state index in [1.165, 1.54) is 29.5 Å². The summed E-state index contributed by atoms with van der Waals surface area (Å²) < 4.78 is 6.69. The molecule has 0 heterocycles. The SMILES string of the molecule is CCCCCCC(Oc1c(C)cc(-c2ccc(C)cc2)cc1C)c1ccc(C(=O)NCCC(O)=[OH+])cc1. The predicted octanol–water partition coefficient (Wildman–Crippen LogP) is 7.55. The molecule has 3 rings (SSSR count). The van der Waals surface area contributed by atoms with Crippen LogP contribution >= 0.6 is 0 Å². The third-order valence-electron chi connectivity index (χ3n) is 6.60. The summed E-state index contributed by atoms with van der Waals surface area (Å²) in [4.78, 5) is 21.3. The normalized spacial score (nSPS) is 11.7. The van der Waals surface area contributed by atoms with Crippen molar-refractivity contribution in [2.45, 2.75) is 72.3 Å². The second-order valence-corrected chi connectivity index (χ2v) is 9.81. The fourth-order valence-corrected chi connectivity index (χ4v) is 4.48. The van der Waals surface area contributed by atoms with Crippen LogP contribution in [0, 0.1) is 20.8 Å². The van der Waals surface area contributed by atoms with Gasteiger partial charge in [-0.2, -0.15) is 0 Å². The first-order chi connectivity index (χ1) is 17.8. The Hall–Kier alpha value is -3.60. The second-order valence-electron chi connectivity index (χ2n) is 9.81. The Bertz CT molecular complexity index is 1160. The van der Waals surface area contributed by atoms with Crippen LogP contribution in [0.5, 0.6) is 5.75 Å². The third kappa shape index (κ3) is 8.21. The maximum atomic E-state index is 12.4. The van der Waals surface area contributed by atoms with Gasteiger partial charge >= 0.3 is 5.97 Å². The Labute approximate surface area is 220 Å². The molecule has 1 amide bonds. The van der Waals surface area contributed by atoms with Crippen molar-refractivity contribution in [1.82, 2.24) is 5.32 Å². The number of ether oxygens (including phenoxy) is 1. The first-order valence-corrected chi connectivity index (χ1v) is 13.2. The van der Waals surface area contributed by atoms with Crippen LogP contribution in [0.25, 0.3) is 11.1 Å². The van der Waals surface area contributed by atoms with Crippen LogP contribution in [0.2, 0.25) is 0 Å². The number of aryl methyl sites for hydroxylation is 3. The number of carboxylic acids is 1. The van der Waals surface area contributed by atoms with E-state index < -0.39 is 5.97 Å². The molecule has 0 aliphatic rings. The minimum atomic E-state index is -0.684. The molecule has 3 aromatic rings. The zero-order valence-corrected chi connectivity index (χ0v) is 22.5. The molecule has 5 heteroatoms. The van der Waals surface area contributed by atoms with E-state index in [2.05, 4.69) is 69.4 Å². The van der Waals surface area contributed by atoms with Crippen LogP contribution in [0.15, 0.2) is 60.7 Å². The molecule has 0 saturated heterocycles. The van der Waals surface area contributed by atoms with Crippen molar-refractivity contribution in [2.75, 3.05) is 6.54 Å².